The molecule has 0 atom stereocenters. The van der Waals surface area contributed by atoms with Gasteiger partial charge in [0.05, 0.1) is 0 Å². The van der Waals surface area contributed by atoms with E-state index < -0.39 is 5.97 Å². The number of aromatic nitrogens is 3. The summed E-state index contributed by atoms with van der Waals surface area (Å²) in [5.41, 5.74) is 1.35. The number of methoxy groups -OCH3 is 1. The Labute approximate surface area is 117 Å². The van der Waals surface area contributed by atoms with Crippen molar-refractivity contribution in [2.75, 3.05) is 13.7 Å². The van der Waals surface area contributed by atoms with Gasteiger partial charge >= 0.3 is 5.97 Å². The average Bonchev–Trinajstić information content (AvgIpc) is 2.88. The summed E-state index contributed by atoms with van der Waals surface area (Å²) < 4.78 is 6.65. The Morgan fingerprint density at radius 1 is 1.30 bits per heavy atom. The molecule has 0 saturated carbocycles. The molecule has 20 heavy (non-hydrogen) atoms. The summed E-state index contributed by atoms with van der Waals surface area (Å²) in [6.07, 6.45) is 1.75. The topological polar surface area (TPSA) is 77.2 Å². The van der Waals surface area contributed by atoms with Gasteiger partial charge in [-0.15, -0.1) is 5.10 Å². The van der Waals surface area contributed by atoms with Crippen molar-refractivity contribution in [2.24, 2.45) is 0 Å². The van der Waals surface area contributed by atoms with Crippen LogP contribution in [0.3, 0.4) is 0 Å². The van der Waals surface area contributed by atoms with E-state index in [9.17, 15) is 9.90 Å². The van der Waals surface area contributed by atoms with Crippen LogP contribution in [-0.2, 0) is 11.3 Å². The van der Waals surface area contributed by atoms with Crippen LogP contribution in [0.15, 0.2) is 30.3 Å². The molecular formula is C14H17N3O3. The molecule has 1 heterocycles. The summed E-state index contributed by atoms with van der Waals surface area (Å²) in [6, 6.07) is 9.33. The van der Waals surface area contributed by atoms with E-state index in [1.807, 2.05) is 30.3 Å². The standard InChI is InChI=1S/C14H17N3O3/c1-20-10-6-5-9-17-13(11-7-3-2-4-8-11)12(14(18)19)15-16-17/h2-4,7-8H,5-6,9-10H2,1H3,(H,18,19). The Balaban J connectivity index is 2.26. The molecular weight excluding hydrogens is 258 g/mol. The molecule has 0 spiro atoms. The maximum Gasteiger partial charge on any atom is 0.358 e. The van der Waals surface area contributed by atoms with Crippen LogP contribution in [0, 0.1) is 0 Å². The molecule has 6 nitrogen and oxygen atoms in total. The number of hydrogen-bond donors (Lipinski definition) is 1. The van der Waals surface area contributed by atoms with Crippen LogP contribution in [-0.4, -0.2) is 39.8 Å². The first-order valence-electron chi connectivity index (χ1n) is 6.45. The average molecular weight is 275 g/mol. The Morgan fingerprint density at radius 3 is 2.70 bits per heavy atom. The number of aryl methyl sites for hydroxylation is 1. The summed E-state index contributed by atoms with van der Waals surface area (Å²) in [5.74, 6) is -1.06. The van der Waals surface area contributed by atoms with Gasteiger partial charge in [-0.1, -0.05) is 35.5 Å². The van der Waals surface area contributed by atoms with Crippen LogP contribution in [0.2, 0.25) is 0 Å². The molecule has 2 aromatic rings. The number of carboxylic acids is 1. The highest BCUT2D eigenvalue weighted by Crippen LogP contribution is 2.22. The lowest BCUT2D eigenvalue weighted by molar-refractivity contribution is 0.0691. The van der Waals surface area contributed by atoms with Gasteiger partial charge in [0, 0.05) is 25.8 Å². The largest absolute Gasteiger partial charge is 0.476 e. The number of carbonyl (C=O) groups is 1. The molecule has 0 aliphatic carbocycles. The first-order valence-corrected chi connectivity index (χ1v) is 6.45. The minimum absolute atomic E-state index is 0.0112. The first kappa shape index (κ1) is 14.2. The fourth-order valence-electron chi connectivity index (χ4n) is 2.00. The van der Waals surface area contributed by atoms with Gasteiger partial charge in [0.2, 0.25) is 0 Å². The van der Waals surface area contributed by atoms with Crippen LogP contribution in [0.1, 0.15) is 23.3 Å². The number of nitrogens with zero attached hydrogens (tertiary/aromatic N) is 3. The minimum atomic E-state index is -1.06. The van der Waals surface area contributed by atoms with Gasteiger partial charge < -0.3 is 9.84 Å². The van der Waals surface area contributed by atoms with Crippen molar-refractivity contribution >= 4 is 5.97 Å². The van der Waals surface area contributed by atoms with Gasteiger partial charge in [0.15, 0.2) is 5.69 Å². The van der Waals surface area contributed by atoms with E-state index in [-0.39, 0.29) is 5.69 Å². The monoisotopic (exact) mass is 275 g/mol. The number of unbranched alkanes of at least 4 members (excludes halogenated alkanes) is 1. The van der Waals surface area contributed by atoms with Gasteiger partial charge in [-0.25, -0.2) is 9.48 Å². The Bertz CT molecular complexity index is 566. The smallest absolute Gasteiger partial charge is 0.358 e. The number of aromatic carboxylic acids is 1. The summed E-state index contributed by atoms with van der Waals surface area (Å²) in [6.45, 7) is 1.30. The first-order chi connectivity index (χ1) is 9.74. The summed E-state index contributed by atoms with van der Waals surface area (Å²) in [4.78, 5) is 11.2. The molecule has 106 valence electrons. The quantitative estimate of drug-likeness (QED) is 0.783. The molecule has 1 aromatic carbocycles. The number of ether oxygens (including phenoxy) is 1. The highest BCUT2D eigenvalue weighted by atomic mass is 16.5. The zero-order chi connectivity index (χ0) is 14.4. The number of rotatable bonds is 7. The minimum Gasteiger partial charge on any atom is -0.476 e. The van der Waals surface area contributed by atoms with E-state index in [4.69, 9.17) is 4.74 Å². The normalized spacial score (nSPS) is 10.7. The van der Waals surface area contributed by atoms with Crippen LogP contribution < -0.4 is 0 Å². The van der Waals surface area contributed by atoms with Crippen molar-refractivity contribution in [1.29, 1.82) is 0 Å². The van der Waals surface area contributed by atoms with Crippen LogP contribution in [0.25, 0.3) is 11.3 Å². The fraction of sp³-hybridized carbons (Fsp3) is 0.357. The number of benzene rings is 1. The molecule has 6 heteroatoms. The molecule has 0 aliphatic heterocycles. The summed E-state index contributed by atoms with van der Waals surface area (Å²) in [5, 5.41) is 16.9. The zero-order valence-electron chi connectivity index (χ0n) is 11.3. The van der Waals surface area contributed by atoms with Crippen molar-refractivity contribution < 1.29 is 14.6 Å². The Morgan fingerprint density at radius 2 is 2.05 bits per heavy atom. The van der Waals surface area contributed by atoms with E-state index in [2.05, 4.69) is 10.3 Å². The molecule has 1 aromatic heterocycles. The van der Waals surface area contributed by atoms with Crippen molar-refractivity contribution in [3.63, 3.8) is 0 Å². The molecule has 0 unspecified atom stereocenters. The lowest BCUT2D eigenvalue weighted by Gasteiger charge is -2.07. The molecule has 2 rings (SSSR count). The highest BCUT2D eigenvalue weighted by molar-refractivity contribution is 5.92. The van der Waals surface area contributed by atoms with Gasteiger partial charge in [0.25, 0.3) is 0 Å². The number of carboxylic acid groups (broad SMARTS) is 1. The second kappa shape index (κ2) is 6.81. The van der Waals surface area contributed by atoms with Crippen LogP contribution in [0.4, 0.5) is 0 Å². The Kier molecular flexibility index (Phi) is 4.84. The fourth-order valence-corrected chi connectivity index (χ4v) is 2.00. The van der Waals surface area contributed by atoms with Crippen molar-refractivity contribution in [2.45, 2.75) is 19.4 Å². The van der Waals surface area contributed by atoms with Crippen molar-refractivity contribution in [1.82, 2.24) is 15.0 Å². The molecule has 0 amide bonds. The van der Waals surface area contributed by atoms with E-state index in [1.165, 1.54) is 0 Å². The van der Waals surface area contributed by atoms with Crippen molar-refractivity contribution in [3.8, 4) is 11.3 Å². The van der Waals surface area contributed by atoms with Crippen LogP contribution >= 0.6 is 0 Å². The molecule has 0 radical (unpaired) electrons. The van der Waals surface area contributed by atoms with Gasteiger partial charge in [-0.3, -0.25) is 0 Å². The maximum atomic E-state index is 11.2. The zero-order valence-corrected chi connectivity index (χ0v) is 11.3. The highest BCUT2D eigenvalue weighted by Gasteiger charge is 2.19. The molecule has 0 saturated heterocycles. The molecule has 1 N–H and O–H groups in total. The summed E-state index contributed by atoms with van der Waals surface area (Å²) in [7, 11) is 1.66. The van der Waals surface area contributed by atoms with Gasteiger partial charge in [0.1, 0.15) is 5.69 Å². The second-order valence-corrected chi connectivity index (χ2v) is 4.38. The lowest BCUT2D eigenvalue weighted by Crippen LogP contribution is -2.06. The molecule has 0 aliphatic rings. The van der Waals surface area contributed by atoms with E-state index >= 15 is 0 Å². The number of hydrogen-bond acceptors (Lipinski definition) is 4. The molecule has 0 fully saturated rings. The lowest BCUT2D eigenvalue weighted by atomic mass is 10.1. The SMILES string of the molecule is COCCCCn1nnc(C(=O)O)c1-c1ccccc1. The maximum absolute atomic E-state index is 11.2. The van der Waals surface area contributed by atoms with Crippen LogP contribution in [0.5, 0.6) is 0 Å². The van der Waals surface area contributed by atoms with Gasteiger partial charge in [-0.05, 0) is 12.8 Å². The van der Waals surface area contributed by atoms with Crippen molar-refractivity contribution in [3.05, 3.63) is 36.0 Å². The third kappa shape index (κ3) is 3.21. The predicted octanol–water partition coefficient (Wildman–Crippen LogP) is 2.07. The van der Waals surface area contributed by atoms with E-state index in [0.717, 1.165) is 18.4 Å². The summed E-state index contributed by atoms with van der Waals surface area (Å²) >= 11 is 0. The predicted molar refractivity (Wildman–Crippen MR) is 73.5 cm³/mol. The van der Waals surface area contributed by atoms with E-state index in [0.29, 0.717) is 18.8 Å². The van der Waals surface area contributed by atoms with E-state index in [1.54, 1.807) is 11.8 Å². The van der Waals surface area contributed by atoms with Gasteiger partial charge in [-0.2, -0.15) is 0 Å². The second-order valence-electron chi connectivity index (χ2n) is 4.38. The third-order valence-corrected chi connectivity index (χ3v) is 2.95. The Hall–Kier alpha value is -2.21. The third-order valence-electron chi connectivity index (χ3n) is 2.95. The molecule has 0 bridgehead atoms.